The van der Waals surface area contributed by atoms with E-state index in [2.05, 4.69) is 24.1 Å². The Bertz CT molecular complexity index is 351. The van der Waals surface area contributed by atoms with Gasteiger partial charge >= 0.3 is 5.97 Å². The Morgan fingerprint density at radius 2 is 1.95 bits per heavy atom. The number of nitrogens with one attached hydrogen (secondary N) is 1. The maximum Gasteiger partial charge on any atom is 0.323 e. The van der Waals surface area contributed by atoms with Crippen LogP contribution in [-0.4, -0.2) is 46.7 Å². The summed E-state index contributed by atoms with van der Waals surface area (Å²) in [5, 5.41) is 12.8. The molecular formula is C17H32N2O2. The zero-order valence-electron chi connectivity index (χ0n) is 13.9. The van der Waals surface area contributed by atoms with Gasteiger partial charge in [-0.25, -0.2) is 0 Å². The first kappa shape index (κ1) is 16.8. The lowest BCUT2D eigenvalue weighted by atomic mass is 9.95. The molecule has 0 radical (unpaired) electrons. The van der Waals surface area contributed by atoms with Crippen LogP contribution in [0.15, 0.2) is 0 Å². The molecule has 2 rings (SSSR count). The van der Waals surface area contributed by atoms with Crippen LogP contribution < -0.4 is 5.32 Å². The third-order valence-electron chi connectivity index (χ3n) is 4.75. The van der Waals surface area contributed by atoms with E-state index in [9.17, 15) is 9.90 Å². The van der Waals surface area contributed by atoms with Crippen molar-refractivity contribution in [2.75, 3.05) is 13.1 Å². The molecule has 1 unspecified atom stereocenters. The van der Waals surface area contributed by atoms with Crippen molar-refractivity contribution in [2.24, 2.45) is 5.92 Å². The summed E-state index contributed by atoms with van der Waals surface area (Å²) >= 11 is 0. The van der Waals surface area contributed by atoms with E-state index in [4.69, 9.17) is 0 Å². The van der Waals surface area contributed by atoms with E-state index in [0.717, 1.165) is 44.2 Å². The van der Waals surface area contributed by atoms with Gasteiger partial charge in [-0.2, -0.15) is 0 Å². The molecule has 0 aliphatic heterocycles. The van der Waals surface area contributed by atoms with Gasteiger partial charge in [-0.1, -0.05) is 13.8 Å². The summed E-state index contributed by atoms with van der Waals surface area (Å²) in [4.78, 5) is 14.1. The highest BCUT2D eigenvalue weighted by atomic mass is 16.4. The summed E-state index contributed by atoms with van der Waals surface area (Å²) in [6.07, 6.45) is 7.86. The van der Waals surface area contributed by atoms with Crippen LogP contribution in [0, 0.1) is 5.92 Å². The molecule has 2 aliphatic carbocycles. The Hall–Kier alpha value is -0.610. The number of carboxylic acids is 1. The Labute approximate surface area is 129 Å². The van der Waals surface area contributed by atoms with Gasteiger partial charge in [0, 0.05) is 12.1 Å². The Morgan fingerprint density at radius 1 is 1.29 bits per heavy atom. The predicted octanol–water partition coefficient (Wildman–Crippen LogP) is 2.87. The fourth-order valence-electron chi connectivity index (χ4n) is 2.90. The Morgan fingerprint density at radius 3 is 2.43 bits per heavy atom. The normalized spacial score (nSPS) is 21.8. The topological polar surface area (TPSA) is 52.6 Å². The van der Waals surface area contributed by atoms with E-state index >= 15 is 0 Å². The molecule has 0 saturated heterocycles. The third-order valence-corrected chi connectivity index (χ3v) is 4.75. The number of carboxylic acid groups (broad SMARTS) is 1. The van der Waals surface area contributed by atoms with Gasteiger partial charge in [-0.15, -0.1) is 0 Å². The highest BCUT2D eigenvalue weighted by Gasteiger charge is 2.38. The Kier molecular flexibility index (Phi) is 5.67. The maximum absolute atomic E-state index is 11.5. The van der Waals surface area contributed by atoms with Crippen molar-refractivity contribution in [3.63, 3.8) is 0 Å². The van der Waals surface area contributed by atoms with Gasteiger partial charge in [0.2, 0.25) is 0 Å². The van der Waals surface area contributed by atoms with E-state index in [1.165, 1.54) is 25.8 Å². The third kappa shape index (κ3) is 5.59. The second kappa shape index (κ2) is 7.10. The minimum atomic E-state index is -0.742. The quantitative estimate of drug-likeness (QED) is 0.615. The molecule has 0 amide bonds. The molecule has 2 fully saturated rings. The minimum absolute atomic E-state index is 0.437. The number of aliphatic carboxylic acids is 1. The van der Waals surface area contributed by atoms with E-state index in [1.807, 2.05) is 6.92 Å². The first-order valence-electron chi connectivity index (χ1n) is 8.66. The predicted molar refractivity (Wildman–Crippen MR) is 85.5 cm³/mol. The number of nitrogens with zero attached hydrogens (tertiary/aromatic N) is 1. The molecule has 0 aromatic carbocycles. The Balaban J connectivity index is 1.75. The van der Waals surface area contributed by atoms with Crippen molar-refractivity contribution in [3.05, 3.63) is 0 Å². The van der Waals surface area contributed by atoms with Crippen LogP contribution in [0.4, 0.5) is 0 Å². The summed E-state index contributed by atoms with van der Waals surface area (Å²) in [7, 11) is 0. The van der Waals surface area contributed by atoms with Gasteiger partial charge in [-0.3, -0.25) is 10.1 Å². The number of rotatable bonds is 11. The highest BCUT2D eigenvalue weighted by Crippen LogP contribution is 2.29. The SMILES string of the molecule is CC(C)CCN(CCCC(C)(NC1CC1)C(=O)O)C1CC1. The summed E-state index contributed by atoms with van der Waals surface area (Å²) < 4.78 is 0. The van der Waals surface area contributed by atoms with Crippen LogP contribution >= 0.6 is 0 Å². The van der Waals surface area contributed by atoms with Crippen molar-refractivity contribution in [3.8, 4) is 0 Å². The van der Waals surface area contributed by atoms with Gasteiger partial charge in [0.1, 0.15) is 5.54 Å². The van der Waals surface area contributed by atoms with Crippen LogP contribution in [0.2, 0.25) is 0 Å². The molecule has 0 heterocycles. The lowest BCUT2D eigenvalue weighted by Crippen LogP contribution is -2.51. The molecule has 122 valence electrons. The summed E-state index contributed by atoms with van der Waals surface area (Å²) in [6, 6.07) is 1.21. The molecule has 0 bridgehead atoms. The van der Waals surface area contributed by atoms with Crippen LogP contribution in [0.1, 0.15) is 65.7 Å². The standard InChI is InChI=1S/C17H32N2O2/c1-13(2)9-12-19(15-7-8-15)11-4-10-17(3,16(20)21)18-14-5-6-14/h13-15,18H,4-12H2,1-3H3,(H,20,21). The van der Waals surface area contributed by atoms with Crippen molar-refractivity contribution in [2.45, 2.75) is 83.3 Å². The molecule has 2 aliphatic rings. The monoisotopic (exact) mass is 296 g/mol. The molecule has 0 aromatic rings. The minimum Gasteiger partial charge on any atom is -0.480 e. The van der Waals surface area contributed by atoms with Crippen molar-refractivity contribution in [1.29, 1.82) is 0 Å². The molecule has 0 spiro atoms. The molecule has 21 heavy (non-hydrogen) atoms. The molecule has 4 nitrogen and oxygen atoms in total. The molecule has 4 heteroatoms. The van der Waals surface area contributed by atoms with Gasteiger partial charge in [0.25, 0.3) is 0 Å². The van der Waals surface area contributed by atoms with Gasteiger partial charge < -0.3 is 10.0 Å². The van der Waals surface area contributed by atoms with E-state index in [-0.39, 0.29) is 0 Å². The zero-order chi connectivity index (χ0) is 15.5. The van der Waals surface area contributed by atoms with E-state index in [1.54, 1.807) is 0 Å². The summed E-state index contributed by atoms with van der Waals surface area (Å²) in [6.45, 7) is 8.61. The molecule has 1 atom stereocenters. The fraction of sp³-hybridized carbons (Fsp3) is 0.941. The number of hydrogen-bond donors (Lipinski definition) is 2. The maximum atomic E-state index is 11.5. The van der Waals surface area contributed by atoms with E-state index in [0.29, 0.717) is 6.04 Å². The molecule has 2 N–H and O–H groups in total. The number of hydrogen-bond acceptors (Lipinski definition) is 3. The van der Waals surface area contributed by atoms with Gasteiger partial charge in [-0.05, 0) is 70.9 Å². The lowest BCUT2D eigenvalue weighted by Gasteiger charge is -2.29. The zero-order valence-corrected chi connectivity index (χ0v) is 13.9. The summed E-state index contributed by atoms with van der Waals surface area (Å²) in [5.41, 5.74) is -0.742. The average Bonchev–Trinajstić information content (AvgIpc) is 3.25. The second-order valence-electron chi connectivity index (χ2n) is 7.61. The number of carbonyl (C=O) groups is 1. The largest absolute Gasteiger partial charge is 0.480 e. The lowest BCUT2D eigenvalue weighted by molar-refractivity contribution is -0.144. The van der Waals surface area contributed by atoms with Crippen LogP contribution in [0.3, 0.4) is 0 Å². The smallest absolute Gasteiger partial charge is 0.323 e. The first-order valence-corrected chi connectivity index (χ1v) is 8.66. The molecular weight excluding hydrogens is 264 g/mol. The summed E-state index contributed by atoms with van der Waals surface area (Å²) in [5.74, 6) is 0.0432. The molecule has 0 aromatic heterocycles. The van der Waals surface area contributed by atoms with Crippen molar-refractivity contribution < 1.29 is 9.90 Å². The highest BCUT2D eigenvalue weighted by molar-refractivity contribution is 5.78. The van der Waals surface area contributed by atoms with Gasteiger partial charge in [0.15, 0.2) is 0 Å². The van der Waals surface area contributed by atoms with Crippen LogP contribution in [-0.2, 0) is 4.79 Å². The molecule has 2 saturated carbocycles. The first-order chi connectivity index (χ1) is 9.90. The van der Waals surface area contributed by atoms with Gasteiger partial charge in [0.05, 0.1) is 0 Å². The van der Waals surface area contributed by atoms with E-state index < -0.39 is 11.5 Å². The van der Waals surface area contributed by atoms with Crippen LogP contribution in [0.5, 0.6) is 0 Å². The van der Waals surface area contributed by atoms with Crippen molar-refractivity contribution >= 4 is 5.97 Å². The van der Waals surface area contributed by atoms with Crippen molar-refractivity contribution in [1.82, 2.24) is 10.2 Å². The second-order valence-corrected chi connectivity index (χ2v) is 7.61. The van der Waals surface area contributed by atoms with Crippen LogP contribution in [0.25, 0.3) is 0 Å². The fourth-order valence-corrected chi connectivity index (χ4v) is 2.90. The average molecular weight is 296 g/mol.